The maximum absolute atomic E-state index is 13.4. The fourth-order valence-electron chi connectivity index (χ4n) is 4.09. The number of nitrogens with zero attached hydrogens (tertiary/aromatic N) is 7. The van der Waals surface area contributed by atoms with E-state index in [0.717, 1.165) is 11.3 Å². The fraction of sp³-hybridized carbons (Fsp3) is 0.304. The van der Waals surface area contributed by atoms with Gasteiger partial charge in [0.1, 0.15) is 22.7 Å². The quantitative estimate of drug-likeness (QED) is 0.396. The number of ether oxygens (including phenoxy) is 2. The molecule has 3 heterocycles. The molecule has 12 heteroatoms. The molecule has 0 bridgehead atoms. The normalized spacial score (nSPS) is 14.9. The number of piperazine rings is 1. The van der Waals surface area contributed by atoms with Crippen molar-refractivity contribution in [3.05, 3.63) is 54.4 Å². The average molecular weight is 496 g/mol. The molecule has 35 heavy (non-hydrogen) atoms. The van der Waals surface area contributed by atoms with Crippen LogP contribution in [0.3, 0.4) is 0 Å². The monoisotopic (exact) mass is 495 g/mol. The van der Waals surface area contributed by atoms with E-state index in [1.54, 1.807) is 16.8 Å². The van der Waals surface area contributed by atoms with E-state index in [9.17, 15) is 8.42 Å². The number of methoxy groups -OCH3 is 2. The number of aromatic nitrogens is 5. The van der Waals surface area contributed by atoms with Crippen LogP contribution in [0.15, 0.2) is 53.7 Å². The zero-order chi connectivity index (χ0) is 24.6. The van der Waals surface area contributed by atoms with Gasteiger partial charge in [0, 0.05) is 32.2 Å². The largest absolute Gasteiger partial charge is 0.497 e. The first kappa shape index (κ1) is 23.0. The summed E-state index contributed by atoms with van der Waals surface area (Å²) in [6.07, 6.45) is 1.48. The van der Waals surface area contributed by atoms with E-state index < -0.39 is 10.0 Å². The number of rotatable bonds is 6. The second-order valence-electron chi connectivity index (χ2n) is 8.11. The van der Waals surface area contributed by atoms with Crippen LogP contribution in [-0.4, -0.2) is 78.1 Å². The van der Waals surface area contributed by atoms with Crippen LogP contribution in [0.2, 0.25) is 0 Å². The van der Waals surface area contributed by atoms with E-state index in [0.29, 0.717) is 35.8 Å². The van der Waals surface area contributed by atoms with Crippen molar-refractivity contribution in [1.29, 1.82) is 0 Å². The van der Waals surface area contributed by atoms with Crippen molar-refractivity contribution in [2.45, 2.75) is 11.8 Å². The van der Waals surface area contributed by atoms with Crippen molar-refractivity contribution in [3.63, 3.8) is 0 Å². The number of aryl methyl sites for hydroxylation is 1. The van der Waals surface area contributed by atoms with Crippen molar-refractivity contribution in [1.82, 2.24) is 29.3 Å². The number of fused-ring (bicyclic) bond motifs is 1. The Morgan fingerprint density at radius 1 is 0.914 bits per heavy atom. The summed E-state index contributed by atoms with van der Waals surface area (Å²) in [6.45, 7) is 3.46. The van der Waals surface area contributed by atoms with Crippen LogP contribution in [0, 0.1) is 6.92 Å². The second kappa shape index (κ2) is 9.12. The third-order valence-electron chi connectivity index (χ3n) is 6.02. The van der Waals surface area contributed by atoms with Gasteiger partial charge in [0.25, 0.3) is 0 Å². The summed E-state index contributed by atoms with van der Waals surface area (Å²) < 4.78 is 40.4. The highest BCUT2D eigenvalue weighted by Gasteiger charge is 2.32. The molecule has 0 atom stereocenters. The van der Waals surface area contributed by atoms with Crippen molar-refractivity contribution < 1.29 is 17.9 Å². The number of benzene rings is 2. The van der Waals surface area contributed by atoms with Crippen LogP contribution in [0.4, 0.5) is 5.82 Å². The smallest absolute Gasteiger partial charge is 0.247 e. The Hall–Kier alpha value is -3.77. The van der Waals surface area contributed by atoms with Gasteiger partial charge < -0.3 is 14.4 Å². The highest BCUT2D eigenvalue weighted by atomic mass is 32.2. The molecule has 2 aromatic heterocycles. The Kier molecular flexibility index (Phi) is 5.99. The molecule has 0 spiro atoms. The van der Waals surface area contributed by atoms with Gasteiger partial charge in [-0.05, 0) is 31.2 Å². The van der Waals surface area contributed by atoms with Crippen LogP contribution >= 0.6 is 0 Å². The van der Waals surface area contributed by atoms with E-state index in [1.807, 2.05) is 36.1 Å². The molecule has 1 aliphatic heterocycles. The van der Waals surface area contributed by atoms with Gasteiger partial charge in [-0.15, -0.1) is 5.10 Å². The Morgan fingerprint density at radius 3 is 2.34 bits per heavy atom. The van der Waals surface area contributed by atoms with Gasteiger partial charge in [0.05, 0.1) is 19.9 Å². The topological polar surface area (TPSA) is 116 Å². The SMILES string of the molecule is COc1ccc(OC)c(S(=O)(=O)N2CCN(c3ncnc4c3nnn4-c3ccc(C)cc3)CC2)c1. The summed E-state index contributed by atoms with van der Waals surface area (Å²) in [5.41, 5.74) is 3.16. The molecule has 2 aromatic carbocycles. The molecule has 1 saturated heterocycles. The minimum atomic E-state index is -3.78. The minimum Gasteiger partial charge on any atom is -0.497 e. The van der Waals surface area contributed by atoms with E-state index in [-0.39, 0.29) is 23.7 Å². The first-order chi connectivity index (χ1) is 16.9. The van der Waals surface area contributed by atoms with Crippen molar-refractivity contribution in [3.8, 4) is 17.2 Å². The molecule has 0 aliphatic carbocycles. The molecule has 1 aliphatic rings. The van der Waals surface area contributed by atoms with Crippen LogP contribution in [-0.2, 0) is 10.0 Å². The summed E-state index contributed by atoms with van der Waals surface area (Å²) in [5.74, 6) is 1.35. The van der Waals surface area contributed by atoms with Crippen LogP contribution in [0.25, 0.3) is 16.9 Å². The lowest BCUT2D eigenvalue weighted by atomic mass is 10.2. The first-order valence-electron chi connectivity index (χ1n) is 11.0. The summed E-state index contributed by atoms with van der Waals surface area (Å²) in [4.78, 5) is 10.9. The van der Waals surface area contributed by atoms with Crippen molar-refractivity contribution >= 4 is 27.0 Å². The number of hydrogen-bond donors (Lipinski definition) is 0. The standard InChI is InChI=1S/C23H25N7O4S/c1-16-4-6-17(7-5-16)30-23-21(26-27-30)22(24-15-25-23)28-10-12-29(13-11-28)35(31,32)20-14-18(33-2)8-9-19(20)34-3/h4-9,14-15H,10-13H2,1-3H3. The first-order valence-corrected chi connectivity index (χ1v) is 12.5. The highest BCUT2D eigenvalue weighted by molar-refractivity contribution is 7.89. The Labute approximate surface area is 203 Å². The summed E-state index contributed by atoms with van der Waals surface area (Å²) in [6, 6.07) is 12.7. The van der Waals surface area contributed by atoms with Gasteiger partial charge in [-0.1, -0.05) is 22.9 Å². The molecule has 0 N–H and O–H groups in total. The summed E-state index contributed by atoms with van der Waals surface area (Å²) in [7, 11) is -0.842. The molecule has 182 valence electrons. The number of sulfonamides is 1. The van der Waals surface area contributed by atoms with Gasteiger partial charge >= 0.3 is 0 Å². The molecule has 0 radical (unpaired) electrons. The van der Waals surface area contributed by atoms with Crippen molar-refractivity contribution in [2.75, 3.05) is 45.3 Å². The van der Waals surface area contributed by atoms with E-state index in [2.05, 4.69) is 20.3 Å². The lowest BCUT2D eigenvalue weighted by Crippen LogP contribution is -2.49. The van der Waals surface area contributed by atoms with Gasteiger partial charge in [0.2, 0.25) is 10.0 Å². The Bertz CT molecular complexity index is 1460. The number of hydrogen-bond acceptors (Lipinski definition) is 9. The fourth-order valence-corrected chi connectivity index (χ4v) is 5.69. The van der Waals surface area contributed by atoms with Crippen LogP contribution < -0.4 is 14.4 Å². The predicted octanol–water partition coefficient (Wildman–Crippen LogP) is 2.05. The Balaban J connectivity index is 1.39. The van der Waals surface area contributed by atoms with E-state index in [4.69, 9.17) is 9.47 Å². The minimum absolute atomic E-state index is 0.0817. The molecule has 4 aromatic rings. The predicted molar refractivity (Wildman–Crippen MR) is 130 cm³/mol. The van der Waals surface area contributed by atoms with E-state index >= 15 is 0 Å². The van der Waals surface area contributed by atoms with Gasteiger partial charge in [-0.3, -0.25) is 0 Å². The second-order valence-corrected chi connectivity index (χ2v) is 10.0. The highest BCUT2D eigenvalue weighted by Crippen LogP contribution is 2.32. The molecule has 0 amide bonds. The molecular weight excluding hydrogens is 470 g/mol. The molecular formula is C23H25N7O4S. The maximum atomic E-state index is 13.4. The summed E-state index contributed by atoms with van der Waals surface area (Å²) >= 11 is 0. The molecule has 1 fully saturated rings. The summed E-state index contributed by atoms with van der Waals surface area (Å²) in [5, 5.41) is 8.62. The van der Waals surface area contributed by atoms with Crippen molar-refractivity contribution in [2.24, 2.45) is 0 Å². The third kappa shape index (κ3) is 4.15. The average Bonchev–Trinajstić information content (AvgIpc) is 3.33. The number of anilines is 1. The van der Waals surface area contributed by atoms with Gasteiger partial charge in [0.15, 0.2) is 17.0 Å². The van der Waals surface area contributed by atoms with Gasteiger partial charge in [-0.2, -0.15) is 8.99 Å². The zero-order valence-electron chi connectivity index (χ0n) is 19.6. The lowest BCUT2D eigenvalue weighted by Gasteiger charge is -2.34. The van der Waals surface area contributed by atoms with E-state index in [1.165, 1.54) is 30.9 Å². The van der Waals surface area contributed by atoms with Crippen LogP contribution in [0.5, 0.6) is 11.5 Å². The Morgan fingerprint density at radius 2 is 1.66 bits per heavy atom. The zero-order valence-corrected chi connectivity index (χ0v) is 20.4. The molecule has 0 saturated carbocycles. The third-order valence-corrected chi connectivity index (χ3v) is 7.94. The van der Waals surface area contributed by atoms with Crippen LogP contribution in [0.1, 0.15) is 5.56 Å². The molecule has 11 nitrogen and oxygen atoms in total. The lowest BCUT2D eigenvalue weighted by molar-refractivity contribution is 0.370. The molecule has 0 unspecified atom stereocenters. The van der Waals surface area contributed by atoms with Gasteiger partial charge in [-0.25, -0.2) is 18.4 Å². The maximum Gasteiger partial charge on any atom is 0.247 e. The molecule has 5 rings (SSSR count).